The lowest BCUT2D eigenvalue weighted by atomic mass is 10.1. The van der Waals surface area contributed by atoms with Crippen LogP contribution in [-0.4, -0.2) is 34.1 Å². The zero-order chi connectivity index (χ0) is 16.2. The molecule has 21 heavy (non-hydrogen) atoms. The number of carboxylic acids is 2. The van der Waals surface area contributed by atoms with E-state index in [4.69, 9.17) is 10.2 Å². The highest BCUT2D eigenvalue weighted by Crippen LogP contribution is 2.29. The van der Waals surface area contributed by atoms with Crippen LogP contribution in [0.3, 0.4) is 0 Å². The Kier molecular flexibility index (Phi) is 4.90. The van der Waals surface area contributed by atoms with Gasteiger partial charge in [0.2, 0.25) is 0 Å². The van der Waals surface area contributed by atoms with Gasteiger partial charge in [-0.1, -0.05) is 6.07 Å². The normalized spacial score (nSPS) is 12.5. The maximum atomic E-state index is 12.5. The molecule has 9 heteroatoms. The lowest BCUT2D eigenvalue weighted by Crippen LogP contribution is -2.42. The molecule has 114 valence electrons. The van der Waals surface area contributed by atoms with Gasteiger partial charge in [-0.25, -0.2) is 4.79 Å². The van der Waals surface area contributed by atoms with Crippen molar-refractivity contribution in [3.8, 4) is 0 Å². The van der Waals surface area contributed by atoms with Crippen LogP contribution in [-0.2, 0) is 15.8 Å². The minimum Gasteiger partial charge on any atom is -0.481 e. The summed E-state index contributed by atoms with van der Waals surface area (Å²) in [5, 5.41) is 19.1. The number of benzene rings is 1. The summed E-state index contributed by atoms with van der Waals surface area (Å²) >= 11 is 0. The summed E-state index contributed by atoms with van der Waals surface area (Å²) in [4.78, 5) is 32.9. The maximum Gasteiger partial charge on any atom is 0.416 e. The first kappa shape index (κ1) is 16.5. The fourth-order valence-corrected chi connectivity index (χ4v) is 1.45. The van der Waals surface area contributed by atoms with Crippen molar-refractivity contribution in [3.63, 3.8) is 0 Å². The predicted octanol–water partition coefficient (Wildman–Crippen LogP) is 1.36. The van der Waals surface area contributed by atoms with Gasteiger partial charge < -0.3 is 15.5 Å². The zero-order valence-corrected chi connectivity index (χ0v) is 10.3. The van der Waals surface area contributed by atoms with Gasteiger partial charge >= 0.3 is 18.1 Å². The number of carbonyl (C=O) groups is 3. The molecule has 0 aliphatic heterocycles. The highest BCUT2D eigenvalue weighted by atomic mass is 19.4. The van der Waals surface area contributed by atoms with Gasteiger partial charge in [-0.2, -0.15) is 13.2 Å². The maximum absolute atomic E-state index is 12.5. The van der Waals surface area contributed by atoms with Crippen LogP contribution in [0.5, 0.6) is 0 Å². The van der Waals surface area contributed by atoms with Crippen LogP contribution in [0, 0.1) is 0 Å². The molecular weight excluding hydrogens is 295 g/mol. The molecule has 1 atom stereocenters. The number of carboxylic acid groups (broad SMARTS) is 2. The van der Waals surface area contributed by atoms with Crippen LogP contribution < -0.4 is 5.32 Å². The van der Waals surface area contributed by atoms with Gasteiger partial charge in [-0.3, -0.25) is 9.59 Å². The third kappa shape index (κ3) is 4.79. The summed E-state index contributed by atoms with van der Waals surface area (Å²) in [6.45, 7) is 0. The van der Waals surface area contributed by atoms with Crippen molar-refractivity contribution < 1.29 is 37.8 Å². The van der Waals surface area contributed by atoms with Crippen LogP contribution >= 0.6 is 0 Å². The lowest BCUT2D eigenvalue weighted by molar-refractivity contribution is -0.145. The second-order valence-corrected chi connectivity index (χ2v) is 4.04. The van der Waals surface area contributed by atoms with Gasteiger partial charge in [0.25, 0.3) is 5.91 Å². The second-order valence-electron chi connectivity index (χ2n) is 4.04. The van der Waals surface area contributed by atoms with Crippen molar-refractivity contribution in [3.05, 3.63) is 35.4 Å². The van der Waals surface area contributed by atoms with Gasteiger partial charge in [0, 0.05) is 5.56 Å². The van der Waals surface area contributed by atoms with Crippen molar-refractivity contribution in [1.29, 1.82) is 0 Å². The first-order valence-corrected chi connectivity index (χ1v) is 5.54. The predicted molar refractivity (Wildman–Crippen MR) is 62.6 cm³/mol. The first-order chi connectivity index (χ1) is 9.61. The number of alkyl halides is 3. The van der Waals surface area contributed by atoms with Crippen molar-refractivity contribution in [2.45, 2.75) is 18.6 Å². The molecule has 0 bridgehead atoms. The van der Waals surface area contributed by atoms with E-state index in [1.807, 2.05) is 5.32 Å². The Morgan fingerprint density at radius 3 is 2.29 bits per heavy atom. The molecule has 1 aromatic carbocycles. The molecule has 1 rings (SSSR count). The SMILES string of the molecule is O=C(O)C[C@@H](NC(=O)c1cccc(C(F)(F)F)c1)C(=O)O. The van der Waals surface area contributed by atoms with E-state index >= 15 is 0 Å². The van der Waals surface area contributed by atoms with E-state index in [9.17, 15) is 27.6 Å². The number of nitrogens with one attached hydrogen (secondary N) is 1. The number of hydrogen-bond donors (Lipinski definition) is 3. The number of hydrogen-bond acceptors (Lipinski definition) is 3. The van der Waals surface area contributed by atoms with E-state index in [2.05, 4.69) is 0 Å². The van der Waals surface area contributed by atoms with E-state index in [0.717, 1.165) is 18.2 Å². The largest absolute Gasteiger partial charge is 0.481 e. The van der Waals surface area contributed by atoms with Crippen molar-refractivity contribution in [2.75, 3.05) is 0 Å². The summed E-state index contributed by atoms with van der Waals surface area (Å²) in [5.74, 6) is -4.17. The highest BCUT2D eigenvalue weighted by molar-refractivity contribution is 5.97. The zero-order valence-electron chi connectivity index (χ0n) is 10.3. The number of rotatable bonds is 5. The summed E-state index contributed by atoms with van der Waals surface area (Å²) in [7, 11) is 0. The Bertz CT molecular complexity index is 570. The fraction of sp³-hybridized carbons (Fsp3) is 0.250. The molecule has 0 saturated heterocycles. The molecule has 0 saturated carbocycles. The molecule has 6 nitrogen and oxygen atoms in total. The molecule has 1 aromatic rings. The monoisotopic (exact) mass is 305 g/mol. The van der Waals surface area contributed by atoms with Gasteiger partial charge in [0.05, 0.1) is 12.0 Å². The smallest absolute Gasteiger partial charge is 0.416 e. The molecule has 0 aromatic heterocycles. The van der Waals surface area contributed by atoms with Crippen LogP contribution in [0.2, 0.25) is 0 Å². The Balaban J connectivity index is 2.93. The summed E-state index contributed by atoms with van der Waals surface area (Å²) in [5.41, 5.74) is -1.48. The van der Waals surface area contributed by atoms with E-state index in [1.165, 1.54) is 0 Å². The molecule has 0 aliphatic rings. The van der Waals surface area contributed by atoms with E-state index in [-0.39, 0.29) is 0 Å². The van der Waals surface area contributed by atoms with Crippen LogP contribution in [0.1, 0.15) is 22.3 Å². The average molecular weight is 305 g/mol. The number of aliphatic carboxylic acids is 2. The third-order valence-corrected chi connectivity index (χ3v) is 2.43. The van der Waals surface area contributed by atoms with Gasteiger partial charge in [0.15, 0.2) is 0 Å². The molecule has 0 spiro atoms. The van der Waals surface area contributed by atoms with Crippen LogP contribution in [0.15, 0.2) is 24.3 Å². The molecule has 0 heterocycles. The number of halogens is 3. The van der Waals surface area contributed by atoms with Crippen molar-refractivity contribution >= 4 is 17.8 Å². The molecule has 0 fully saturated rings. The molecule has 0 aliphatic carbocycles. The first-order valence-electron chi connectivity index (χ1n) is 5.54. The molecule has 0 unspecified atom stereocenters. The molecule has 0 radical (unpaired) electrons. The van der Waals surface area contributed by atoms with E-state index in [1.54, 1.807) is 0 Å². The van der Waals surface area contributed by atoms with E-state index < -0.39 is 47.6 Å². The Morgan fingerprint density at radius 1 is 1.19 bits per heavy atom. The number of carbonyl (C=O) groups excluding carboxylic acids is 1. The Morgan fingerprint density at radius 2 is 1.81 bits per heavy atom. The lowest BCUT2D eigenvalue weighted by Gasteiger charge is -2.13. The Labute approximate surface area is 116 Å². The highest BCUT2D eigenvalue weighted by Gasteiger charge is 2.31. The van der Waals surface area contributed by atoms with Gasteiger partial charge in [-0.05, 0) is 18.2 Å². The van der Waals surface area contributed by atoms with E-state index in [0.29, 0.717) is 6.07 Å². The van der Waals surface area contributed by atoms with Crippen LogP contribution in [0.25, 0.3) is 0 Å². The van der Waals surface area contributed by atoms with Gasteiger partial charge in [0.1, 0.15) is 6.04 Å². The number of amides is 1. The summed E-state index contributed by atoms with van der Waals surface area (Å²) < 4.78 is 37.5. The van der Waals surface area contributed by atoms with Crippen LogP contribution in [0.4, 0.5) is 13.2 Å². The van der Waals surface area contributed by atoms with Gasteiger partial charge in [-0.15, -0.1) is 0 Å². The summed E-state index contributed by atoms with van der Waals surface area (Å²) in [6, 6.07) is 1.62. The summed E-state index contributed by atoms with van der Waals surface area (Å²) in [6.07, 6.45) is -5.54. The average Bonchev–Trinajstić information content (AvgIpc) is 2.36. The fourth-order valence-electron chi connectivity index (χ4n) is 1.45. The Hall–Kier alpha value is -2.58. The van der Waals surface area contributed by atoms with Crippen molar-refractivity contribution in [1.82, 2.24) is 5.32 Å². The second kappa shape index (κ2) is 6.25. The molecular formula is C12H10F3NO5. The minimum absolute atomic E-state index is 0.415. The molecule has 3 N–H and O–H groups in total. The standard InChI is InChI=1S/C12H10F3NO5/c13-12(14,15)7-3-1-2-6(4-7)10(19)16-8(11(20)21)5-9(17)18/h1-4,8H,5H2,(H,16,19)(H,17,18)(H,20,21)/t8-/m1/s1. The minimum atomic E-state index is -4.65. The topological polar surface area (TPSA) is 104 Å². The van der Waals surface area contributed by atoms with Crippen molar-refractivity contribution in [2.24, 2.45) is 0 Å². The third-order valence-electron chi connectivity index (χ3n) is 2.43. The molecule has 1 amide bonds. The quantitative estimate of drug-likeness (QED) is 0.762.